The van der Waals surface area contributed by atoms with Gasteiger partial charge in [-0.1, -0.05) is 52.4 Å². The summed E-state index contributed by atoms with van der Waals surface area (Å²) in [5, 5.41) is 8.53. The van der Waals surface area contributed by atoms with Crippen LogP contribution in [0.15, 0.2) is 0 Å². The van der Waals surface area contributed by atoms with E-state index in [9.17, 15) is 18.1 Å². The molecule has 18 heavy (non-hydrogen) atoms. The molecule has 2 atom stereocenters. The van der Waals surface area contributed by atoms with Crippen LogP contribution in [-0.4, -0.2) is 29.4 Å². The fourth-order valence-corrected chi connectivity index (χ4v) is 2.92. The second-order valence-electron chi connectivity index (χ2n) is 4.56. The molecule has 0 radical (unpaired) electrons. The van der Waals surface area contributed by atoms with E-state index in [1.165, 1.54) is 19.3 Å². The molecule has 0 aliphatic heterocycles. The maximum Gasteiger partial charge on any atom is 1.00 e. The van der Waals surface area contributed by atoms with E-state index in [0.29, 0.717) is 6.42 Å². The summed E-state index contributed by atoms with van der Waals surface area (Å²) in [6.07, 6.45) is 6.07. The molecule has 1 N–H and O–H groups in total. The van der Waals surface area contributed by atoms with E-state index < -0.39 is 21.5 Å². The quantitative estimate of drug-likeness (QED) is 0.332. The Bertz CT molecular complexity index is 280. The Morgan fingerprint density at radius 3 is 2.00 bits per heavy atom. The average molecular weight is 288 g/mol. The average Bonchev–Trinajstić information content (AvgIpc) is 2.22. The van der Waals surface area contributed by atoms with Crippen LogP contribution in [0.4, 0.5) is 0 Å². The number of rotatable bonds is 10. The summed E-state index contributed by atoms with van der Waals surface area (Å²) in [7, 11) is -4.37. The van der Waals surface area contributed by atoms with Crippen molar-refractivity contribution in [3.63, 3.8) is 0 Å². The minimum atomic E-state index is -4.37. The van der Waals surface area contributed by atoms with E-state index in [-0.39, 0.29) is 36.0 Å². The van der Waals surface area contributed by atoms with Gasteiger partial charge in [0, 0.05) is 0 Å². The van der Waals surface area contributed by atoms with Crippen LogP contribution in [0.1, 0.15) is 65.2 Å². The van der Waals surface area contributed by atoms with Gasteiger partial charge < -0.3 is 9.66 Å². The van der Waals surface area contributed by atoms with Gasteiger partial charge >= 0.3 is 29.6 Å². The number of unbranched alkanes of at least 4 members (excludes halogenated alkanes) is 5. The van der Waals surface area contributed by atoms with Crippen LogP contribution >= 0.6 is 0 Å². The van der Waals surface area contributed by atoms with Crippen molar-refractivity contribution in [2.45, 2.75) is 76.6 Å². The second-order valence-corrected chi connectivity index (χ2v) is 6.15. The zero-order valence-electron chi connectivity index (χ0n) is 11.9. The summed E-state index contributed by atoms with van der Waals surface area (Å²) in [4.78, 5) is 0. The SMILES string of the molecule is CCCCCCCCC(O)C(CC)S(=O)(=O)[O-].[Na+]. The van der Waals surface area contributed by atoms with Gasteiger partial charge in [0.05, 0.1) is 11.4 Å². The first kappa shape index (κ1) is 21.2. The molecule has 0 amide bonds. The maximum absolute atomic E-state index is 10.9. The molecular weight excluding hydrogens is 263 g/mol. The predicted octanol–water partition coefficient (Wildman–Crippen LogP) is -0.574. The molecule has 0 saturated carbocycles. The van der Waals surface area contributed by atoms with E-state index >= 15 is 0 Å². The molecule has 0 bridgehead atoms. The van der Waals surface area contributed by atoms with Gasteiger partial charge in [0.2, 0.25) is 0 Å². The third kappa shape index (κ3) is 9.75. The number of hydrogen-bond acceptors (Lipinski definition) is 4. The van der Waals surface area contributed by atoms with Crippen molar-refractivity contribution in [1.82, 2.24) is 0 Å². The van der Waals surface area contributed by atoms with Crippen LogP contribution < -0.4 is 29.6 Å². The van der Waals surface area contributed by atoms with Crippen molar-refractivity contribution < 1.29 is 47.6 Å². The van der Waals surface area contributed by atoms with Gasteiger partial charge in [-0.3, -0.25) is 0 Å². The van der Waals surface area contributed by atoms with E-state index in [1.807, 2.05) is 0 Å². The van der Waals surface area contributed by atoms with E-state index in [4.69, 9.17) is 0 Å². The summed E-state index contributed by atoms with van der Waals surface area (Å²) in [5.74, 6) is 0. The summed E-state index contributed by atoms with van der Waals surface area (Å²) in [6, 6.07) is 0. The summed E-state index contributed by atoms with van der Waals surface area (Å²) < 4.78 is 32.6. The minimum absolute atomic E-state index is 0. The largest absolute Gasteiger partial charge is 1.00 e. The summed E-state index contributed by atoms with van der Waals surface area (Å²) in [6.45, 7) is 3.76. The number of aliphatic hydroxyl groups is 1. The molecule has 0 aromatic heterocycles. The first-order chi connectivity index (χ1) is 7.93. The molecule has 0 rings (SSSR count). The van der Waals surface area contributed by atoms with Gasteiger partial charge in [-0.05, 0) is 12.8 Å². The van der Waals surface area contributed by atoms with Crippen LogP contribution in [0.2, 0.25) is 0 Å². The fraction of sp³-hybridized carbons (Fsp3) is 1.00. The number of hydrogen-bond donors (Lipinski definition) is 1. The molecule has 104 valence electrons. The second kappa shape index (κ2) is 11.7. The number of aliphatic hydroxyl groups excluding tert-OH is 1. The van der Waals surface area contributed by atoms with Gasteiger partial charge in [-0.2, -0.15) is 0 Å². The van der Waals surface area contributed by atoms with Gasteiger partial charge in [-0.25, -0.2) is 8.42 Å². The topological polar surface area (TPSA) is 77.4 Å². The molecule has 4 nitrogen and oxygen atoms in total. The molecule has 0 aliphatic rings. The molecule has 0 aliphatic carbocycles. The summed E-state index contributed by atoms with van der Waals surface area (Å²) in [5.41, 5.74) is 0. The minimum Gasteiger partial charge on any atom is -0.748 e. The van der Waals surface area contributed by atoms with E-state index in [2.05, 4.69) is 6.92 Å². The normalized spacial score (nSPS) is 14.9. The van der Waals surface area contributed by atoms with Crippen molar-refractivity contribution in [2.75, 3.05) is 0 Å². The predicted molar refractivity (Wildman–Crippen MR) is 67.8 cm³/mol. The molecule has 0 fully saturated rings. The maximum atomic E-state index is 10.9. The van der Waals surface area contributed by atoms with E-state index in [0.717, 1.165) is 19.3 Å². The molecule has 2 unspecified atom stereocenters. The standard InChI is InChI=1S/C12H26O4S.Na/c1-3-5-6-7-8-9-10-11(13)12(4-2)17(14,15)16;/h11-13H,3-10H2,1-2H3,(H,14,15,16);/q;+1/p-1. The van der Waals surface area contributed by atoms with Crippen molar-refractivity contribution in [3.05, 3.63) is 0 Å². The molecule has 0 aromatic rings. The fourth-order valence-electron chi connectivity index (χ4n) is 1.99. The molecule has 0 spiro atoms. The van der Waals surface area contributed by atoms with Crippen LogP contribution in [-0.2, 0) is 10.1 Å². The Kier molecular flexibility index (Phi) is 13.7. The zero-order valence-corrected chi connectivity index (χ0v) is 14.7. The first-order valence-corrected chi connectivity index (χ1v) is 8.03. The molecule has 0 heterocycles. The van der Waals surface area contributed by atoms with Crippen molar-refractivity contribution in [1.29, 1.82) is 0 Å². The van der Waals surface area contributed by atoms with Crippen molar-refractivity contribution >= 4 is 10.1 Å². The third-order valence-corrected chi connectivity index (χ3v) is 4.44. The Labute approximate surface area is 134 Å². The molecule has 0 aromatic carbocycles. The van der Waals surface area contributed by atoms with Gasteiger partial charge in [0.15, 0.2) is 0 Å². The van der Waals surface area contributed by atoms with Crippen LogP contribution in [0.25, 0.3) is 0 Å². The zero-order chi connectivity index (χ0) is 13.3. The Morgan fingerprint density at radius 2 is 1.56 bits per heavy atom. The molecule has 6 heteroatoms. The Hall–Kier alpha value is 0.870. The first-order valence-electron chi connectivity index (χ1n) is 6.56. The molecule has 0 saturated heterocycles. The Balaban J connectivity index is 0. The van der Waals surface area contributed by atoms with Crippen LogP contribution in [0.5, 0.6) is 0 Å². The van der Waals surface area contributed by atoms with Crippen LogP contribution in [0, 0.1) is 0 Å². The van der Waals surface area contributed by atoms with Crippen molar-refractivity contribution in [3.8, 4) is 0 Å². The smallest absolute Gasteiger partial charge is 0.748 e. The Morgan fingerprint density at radius 1 is 1.06 bits per heavy atom. The van der Waals surface area contributed by atoms with Crippen molar-refractivity contribution in [2.24, 2.45) is 0 Å². The van der Waals surface area contributed by atoms with Gasteiger partial charge in [0.1, 0.15) is 10.1 Å². The monoisotopic (exact) mass is 288 g/mol. The third-order valence-electron chi connectivity index (χ3n) is 3.06. The van der Waals surface area contributed by atoms with Gasteiger partial charge in [-0.15, -0.1) is 0 Å². The molecular formula is C12H25NaO4S. The van der Waals surface area contributed by atoms with E-state index in [1.54, 1.807) is 6.92 Å². The van der Waals surface area contributed by atoms with Crippen LogP contribution in [0.3, 0.4) is 0 Å². The summed E-state index contributed by atoms with van der Waals surface area (Å²) >= 11 is 0. The van der Waals surface area contributed by atoms with Gasteiger partial charge in [0.25, 0.3) is 0 Å².